The summed E-state index contributed by atoms with van der Waals surface area (Å²) < 4.78 is 21.0. The number of carbonyl (C=O) groups is 1. The molecule has 2 aromatic carbocycles. The van der Waals surface area contributed by atoms with Gasteiger partial charge in [-0.25, -0.2) is 9.18 Å². The summed E-state index contributed by atoms with van der Waals surface area (Å²) in [5, 5.41) is 9.36. The van der Waals surface area contributed by atoms with E-state index in [1.807, 2.05) is 37.3 Å². The summed E-state index contributed by atoms with van der Waals surface area (Å²) in [6, 6.07) is 17.0. The van der Waals surface area contributed by atoms with E-state index in [0.29, 0.717) is 31.4 Å². The molecule has 6 nitrogen and oxygen atoms in total. The van der Waals surface area contributed by atoms with Crippen molar-refractivity contribution >= 4 is 6.09 Å². The van der Waals surface area contributed by atoms with Gasteiger partial charge in [-0.15, -0.1) is 0 Å². The van der Waals surface area contributed by atoms with Crippen molar-refractivity contribution in [2.45, 2.75) is 37.8 Å². The van der Waals surface area contributed by atoms with Crippen LogP contribution in [0.4, 0.5) is 9.18 Å². The van der Waals surface area contributed by atoms with Gasteiger partial charge < -0.3 is 19.3 Å². The van der Waals surface area contributed by atoms with E-state index in [1.165, 1.54) is 12.1 Å². The lowest BCUT2D eigenvalue weighted by Gasteiger charge is -2.43. The van der Waals surface area contributed by atoms with E-state index >= 15 is 0 Å². The van der Waals surface area contributed by atoms with Crippen LogP contribution in [0, 0.1) is 5.82 Å². The maximum absolute atomic E-state index is 13.5. The molecule has 0 spiro atoms. The molecule has 1 unspecified atom stereocenters. The molecule has 3 aromatic rings. The fourth-order valence-electron chi connectivity index (χ4n) is 4.60. The highest BCUT2D eigenvalue weighted by atomic mass is 19.1. The molecule has 0 aliphatic carbocycles. The van der Waals surface area contributed by atoms with Gasteiger partial charge >= 0.3 is 6.09 Å². The zero-order chi connectivity index (χ0) is 24.3. The number of aliphatic hydroxyl groups is 1. The van der Waals surface area contributed by atoms with Crippen molar-refractivity contribution in [2.24, 2.45) is 7.05 Å². The van der Waals surface area contributed by atoms with Crippen molar-refractivity contribution in [3.63, 3.8) is 0 Å². The largest absolute Gasteiger partial charge is 0.438 e. The molecule has 1 aromatic heterocycles. The van der Waals surface area contributed by atoms with E-state index < -0.39 is 11.7 Å². The summed E-state index contributed by atoms with van der Waals surface area (Å²) in [4.78, 5) is 27.2. The number of cyclic esters (lactones) is 1. The number of carbonyl (C=O) groups excluding carboxylic acids is 1. The Kier molecular flexibility index (Phi) is 6.84. The van der Waals surface area contributed by atoms with Gasteiger partial charge in [0.05, 0.1) is 6.04 Å². The fourth-order valence-corrected chi connectivity index (χ4v) is 4.60. The first-order valence-corrected chi connectivity index (χ1v) is 11.5. The normalized spacial score (nSPS) is 19.1. The van der Waals surface area contributed by atoms with Crippen LogP contribution in [0.3, 0.4) is 0 Å². The van der Waals surface area contributed by atoms with Crippen molar-refractivity contribution in [1.82, 2.24) is 9.47 Å². The van der Waals surface area contributed by atoms with Gasteiger partial charge in [0, 0.05) is 38.4 Å². The van der Waals surface area contributed by atoms with Crippen LogP contribution in [0.25, 0.3) is 11.1 Å². The van der Waals surface area contributed by atoms with Crippen molar-refractivity contribution in [3.05, 3.63) is 94.2 Å². The molecule has 1 amide bonds. The van der Waals surface area contributed by atoms with Crippen molar-refractivity contribution in [2.75, 3.05) is 13.2 Å². The molecule has 178 valence electrons. The Morgan fingerprint density at radius 1 is 1.09 bits per heavy atom. The van der Waals surface area contributed by atoms with Gasteiger partial charge in [-0.05, 0) is 60.7 Å². The van der Waals surface area contributed by atoms with Crippen molar-refractivity contribution in [3.8, 4) is 11.1 Å². The maximum atomic E-state index is 13.5. The smallest absolute Gasteiger partial charge is 0.411 e. The average Bonchev–Trinajstić information content (AvgIpc) is 2.85. The lowest BCUT2D eigenvalue weighted by atomic mass is 9.84. The first-order chi connectivity index (χ1) is 16.3. The number of amides is 1. The molecular weight excluding hydrogens is 435 g/mol. The van der Waals surface area contributed by atoms with Crippen LogP contribution in [-0.4, -0.2) is 33.8 Å². The first kappa shape index (κ1) is 23.7. The molecule has 2 atom stereocenters. The minimum absolute atomic E-state index is 0.0164. The molecule has 2 heterocycles. The third kappa shape index (κ3) is 4.61. The van der Waals surface area contributed by atoms with E-state index in [9.17, 15) is 19.1 Å². The summed E-state index contributed by atoms with van der Waals surface area (Å²) in [5.74, 6) is -0.352. The predicted molar refractivity (Wildman–Crippen MR) is 128 cm³/mol. The van der Waals surface area contributed by atoms with E-state index in [0.717, 1.165) is 16.7 Å². The van der Waals surface area contributed by atoms with Crippen LogP contribution in [0.5, 0.6) is 0 Å². The SMILES string of the molecule is C[C@@H](c1ccc(-c2cccn(C)c2=O)cc1)N1CCC(CCCO)(c2ccc(F)cc2)OC1=O. The van der Waals surface area contributed by atoms with Gasteiger partial charge in [-0.3, -0.25) is 4.79 Å². The van der Waals surface area contributed by atoms with E-state index in [-0.39, 0.29) is 24.0 Å². The van der Waals surface area contributed by atoms with Crippen LogP contribution in [0.2, 0.25) is 0 Å². The highest BCUT2D eigenvalue weighted by molar-refractivity contribution is 5.70. The van der Waals surface area contributed by atoms with Gasteiger partial charge in [-0.1, -0.05) is 36.4 Å². The van der Waals surface area contributed by atoms with Crippen molar-refractivity contribution in [1.29, 1.82) is 0 Å². The molecular formula is C27H29FN2O4. The van der Waals surface area contributed by atoms with Crippen molar-refractivity contribution < 1.29 is 19.0 Å². The summed E-state index contributed by atoms with van der Waals surface area (Å²) in [6.45, 7) is 2.39. The molecule has 0 saturated carbocycles. The Bertz CT molecular complexity index is 1210. The van der Waals surface area contributed by atoms with Crippen LogP contribution >= 0.6 is 0 Å². The number of aryl methyl sites for hydroxylation is 1. The Hall–Kier alpha value is -3.45. The Morgan fingerprint density at radius 3 is 2.44 bits per heavy atom. The van der Waals surface area contributed by atoms with E-state index in [4.69, 9.17) is 4.74 Å². The van der Waals surface area contributed by atoms with Crippen LogP contribution < -0.4 is 5.56 Å². The Labute approximate surface area is 198 Å². The average molecular weight is 465 g/mol. The topological polar surface area (TPSA) is 71.8 Å². The number of aromatic nitrogens is 1. The fraction of sp³-hybridized carbons (Fsp3) is 0.333. The Balaban J connectivity index is 1.53. The molecule has 1 saturated heterocycles. The number of aliphatic hydroxyl groups excluding tert-OH is 1. The summed E-state index contributed by atoms with van der Waals surface area (Å²) in [7, 11) is 1.72. The monoisotopic (exact) mass is 464 g/mol. The second kappa shape index (κ2) is 9.81. The second-order valence-electron chi connectivity index (χ2n) is 8.78. The number of hydrogen-bond donors (Lipinski definition) is 1. The summed E-state index contributed by atoms with van der Waals surface area (Å²) in [6.07, 6.45) is 2.75. The molecule has 0 bridgehead atoms. The highest BCUT2D eigenvalue weighted by Crippen LogP contribution is 2.40. The zero-order valence-electron chi connectivity index (χ0n) is 19.4. The lowest BCUT2D eigenvalue weighted by molar-refractivity contribution is -0.0680. The summed E-state index contributed by atoms with van der Waals surface area (Å²) >= 11 is 0. The molecule has 7 heteroatoms. The van der Waals surface area contributed by atoms with Gasteiger partial charge in [-0.2, -0.15) is 0 Å². The molecule has 1 aliphatic rings. The molecule has 34 heavy (non-hydrogen) atoms. The highest BCUT2D eigenvalue weighted by Gasteiger charge is 2.43. The number of rotatable bonds is 7. The first-order valence-electron chi connectivity index (χ1n) is 11.5. The van der Waals surface area contributed by atoms with E-state index in [1.54, 1.807) is 40.9 Å². The number of benzene rings is 2. The second-order valence-corrected chi connectivity index (χ2v) is 8.78. The molecule has 4 rings (SSSR count). The maximum Gasteiger partial charge on any atom is 0.411 e. The number of nitrogens with zero attached hydrogens (tertiary/aromatic N) is 2. The molecule has 1 N–H and O–H groups in total. The number of ether oxygens (including phenoxy) is 1. The lowest BCUT2D eigenvalue weighted by Crippen LogP contribution is -2.48. The number of pyridine rings is 1. The molecule has 0 radical (unpaired) electrons. The minimum Gasteiger partial charge on any atom is -0.438 e. The third-order valence-corrected chi connectivity index (χ3v) is 6.68. The van der Waals surface area contributed by atoms with E-state index in [2.05, 4.69) is 0 Å². The minimum atomic E-state index is -0.888. The van der Waals surface area contributed by atoms with Crippen LogP contribution in [-0.2, 0) is 17.4 Å². The summed E-state index contributed by atoms with van der Waals surface area (Å²) in [5.41, 5.74) is 2.14. The molecule has 1 fully saturated rings. The predicted octanol–water partition coefficient (Wildman–Crippen LogP) is 4.76. The number of hydrogen-bond acceptors (Lipinski definition) is 4. The number of halogens is 1. The van der Waals surface area contributed by atoms with Gasteiger partial charge in [0.2, 0.25) is 0 Å². The quantitative estimate of drug-likeness (QED) is 0.547. The third-order valence-electron chi connectivity index (χ3n) is 6.68. The van der Waals surface area contributed by atoms with Crippen LogP contribution in [0.15, 0.2) is 71.7 Å². The standard InChI is InChI=1S/C27H29FN2O4/c1-19(20-6-8-21(9-7-20)24-5-3-16-29(2)25(24)32)30-17-15-27(14-4-18-31,34-26(30)33)22-10-12-23(28)13-11-22/h3,5-13,16,19,31H,4,14-15,17-18H2,1-2H3/t19-,27?/m0/s1. The van der Waals surface area contributed by atoms with Gasteiger partial charge in [0.15, 0.2) is 0 Å². The zero-order valence-corrected chi connectivity index (χ0v) is 19.4. The van der Waals surface area contributed by atoms with Crippen LogP contribution in [0.1, 0.15) is 43.4 Å². The molecule has 1 aliphatic heterocycles. The Morgan fingerprint density at radius 2 is 1.79 bits per heavy atom. The van der Waals surface area contributed by atoms with Gasteiger partial charge in [0.1, 0.15) is 11.4 Å². The van der Waals surface area contributed by atoms with Gasteiger partial charge in [0.25, 0.3) is 5.56 Å².